The molecule has 2 heterocycles. The molecule has 2 rings (SSSR count). The molecule has 0 bridgehead atoms. The maximum absolute atomic E-state index is 12.2. The zero-order chi connectivity index (χ0) is 15.3. The molecule has 0 saturated heterocycles. The molecule has 0 aliphatic rings. The summed E-state index contributed by atoms with van der Waals surface area (Å²) in [5, 5.41) is 9.98. The molecule has 0 aliphatic carbocycles. The summed E-state index contributed by atoms with van der Waals surface area (Å²) < 4.78 is 28.5. The maximum atomic E-state index is 12.2. The van der Waals surface area contributed by atoms with E-state index in [9.17, 15) is 8.42 Å². The number of aromatic nitrogens is 3. The van der Waals surface area contributed by atoms with Crippen molar-refractivity contribution < 1.29 is 8.42 Å². The minimum atomic E-state index is -3.55. The molecule has 2 N–H and O–H groups in total. The van der Waals surface area contributed by atoms with Crippen LogP contribution in [-0.2, 0) is 23.1 Å². The van der Waals surface area contributed by atoms with E-state index in [1.165, 1.54) is 23.7 Å². The molecular formula is C12H19N5O2S2. The smallest absolute Gasteiger partial charge is 0.244 e. The quantitative estimate of drug-likeness (QED) is 0.697. The topological polar surface area (TPSA) is 88.9 Å². The van der Waals surface area contributed by atoms with Crippen LogP contribution >= 0.6 is 11.3 Å². The largest absolute Gasteiger partial charge is 0.315 e. The first-order valence-corrected chi connectivity index (χ1v) is 9.01. The van der Waals surface area contributed by atoms with E-state index in [1.807, 2.05) is 19.2 Å². The fraction of sp³-hybridized carbons (Fsp3) is 0.500. The van der Waals surface area contributed by atoms with Crippen LogP contribution in [0.4, 0.5) is 0 Å². The Labute approximate surface area is 128 Å². The predicted molar refractivity (Wildman–Crippen MR) is 81.6 cm³/mol. The van der Waals surface area contributed by atoms with Gasteiger partial charge in [0, 0.05) is 18.1 Å². The van der Waals surface area contributed by atoms with Crippen LogP contribution < -0.4 is 10.0 Å². The van der Waals surface area contributed by atoms with Crippen LogP contribution in [0, 0.1) is 6.92 Å². The molecule has 21 heavy (non-hydrogen) atoms. The Hall–Kier alpha value is -1.29. The van der Waals surface area contributed by atoms with Gasteiger partial charge >= 0.3 is 0 Å². The van der Waals surface area contributed by atoms with Crippen molar-refractivity contribution in [1.29, 1.82) is 0 Å². The monoisotopic (exact) mass is 329 g/mol. The summed E-state index contributed by atoms with van der Waals surface area (Å²) in [6, 6.07) is 0. The highest BCUT2D eigenvalue weighted by molar-refractivity contribution is 7.89. The van der Waals surface area contributed by atoms with Gasteiger partial charge in [0.05, 0.1) is 30.0 Å². The van der Waals surface area contributed by atoms with Crippen LogP contribution in [0.5, 0.6) is 0 Å². The van der Waals surface area contributed by atoms with Crippen LogP contribution in [0.25, 0.3) is 0 Å². The number of aryl methyl sites for hydroxylation is 1. The summed E-state index contributed by atoms with van der Waals surface area (Å²) in [7, 11) is -3.55. The first kappa shape index (κ1) is 16.1. The number of likely N-dealkylation sites (N-methyl/N-ethyl adjacent to an activating group) is 1. The lowest BCUT2D eigenvalue weighted by molar-refractivity contribution is 0.562. The predicted octanol–water partition coefficient (Wildman–Crippen LogP) is 0.736. The molecule has 2 aromatic heterocycles. The van der Waals surface area contributed by atoms with Gasteiger partial charge in [-0.25, -0.2) is 18.1 Å². The van der Waals surface area contributed by atoms with E-state index in [-0.39, 0.29) is 11.4 Å². The zero-order valence-corrected chi connectivity index (χ0v) is 13.7. The van der Waals surface area contributed by atoms with E-state index < -0.39 is 10.0 Å². The van der Waals surface area contributed by atoms with Crippen molar-refractivity contribution in [3.05, 3.63) is 28.5 Å². The zero-order valence-electron chi connectivity index (χ0n) is 12.0. The van der Waals surface area contributed by atoms with Gasteiger partial charge in [-0.1, -0.05) is 6.92 Å². The molecule has 116 valence electrons. The summed E-state index contributed by atoms with van der Waals surface area (Å²) in [5.41, 5.74) is 0.723. The summed E-state index contributed by atoms with van der Waals surface area (Å²) >= 11 is 1.50. The highest BCUT2D eigenvalue weighted by Gasteiger charge is 2.16. The maximum Gasteiger partial charge on any atom is 0.244 e. The van der Waals surface area contributed by atoms with Crippen molar-refractivity contribution in [1.82, 2.24) is 24.8 Å². The average Bonchev–Trinajstić information content (AvgIpc) is 3.06. The Bertz CT molecular complexity index is 677. The summed E-state index contributed by atoms with van der Waals surface area (Å²) in [5.74, 6) is 0. The number of hydrogen-bond donors (Lipinski definition) is 2. The van der Waals surface area contributed by atoms with Crippen molar-refractivity contribution in [2.75, 3.05) is 13.1 Å². The van der Waals surface area contributed by atoms with Crippen LogP contribution in [0.3, 0.4) is 0 Å². The number of hydrogen-bond acceptors (Lipinski definition) is 6. The average molecular weight is 329 g/mol. The van der Waals surface area contributed by atoms with Gasteiger partial charge < -0.3 is 5.32 Å². The number of nitrogens with zero attached hydrogens (tertiary/aromatic N) is 3. The Morgan fingerprint density at radius 2 is 2.24 bits per heavy atom. The highest BCUT2D eigenvalue weighted by atomic mass is 32.2. The minimum Gasteiger partial charge on any atom is -0.315 e. The van der Waals surface area contributed by atoms with Crippen LogP contribution in [0.2, 0.25) is 0 Å². The lowest BCUT2D eigenvalue weighted by Crippen LogP contribution is -2.23. The lowest BCUT2D eigenvalue weighted by Gasteiger charge is -2.03. The van der Waals surface area contributed by atoms with Crippen LogP contribution in [-0.4, -0.2) is 36.3 Å². The second kappa shape index (κ2) is 7.12. The van der Waals surface area contributed by atoms with Crippen molar-refractivity contribution in [2.24, 2.45) is 0 Å². The molecule has 0 unspecified atom stereocenters. The Morgan fingerprint density at radius 3 is 2.90 bits per heavy atom. The normalized spacial score (nSPS) is 11.9. The minimum absolute atomic E-state index is 0.172. The third-order valence-corrected chi connectivity index (χ3v) is 4.98. The summed E-state index contributed by atoms with van der Waals surface area (Å²) in [6.07, 6.45) is 2.90. The van der Waals surface area contributed by atoms with Gasteiger partial charge in [-0.15, -0.1) is 11.3 Å². The number of thiazole rings is 1. The van der Waals surface area contributed by atoms with Gasteiger partial charge in [-0.3, -0.25) is 4.68 Å². The highest BCUT2D eigenvalue weighted by Crippen LogP contribution is 2.10. The molecule has 2 aromatic rings. The molecule has 0 aromatic carbocycles. The first-order chi connectivity index (χ1) is 10.0. The van der Waals surface area contributed by atoms with E-state index in [4.69, 9.17) is 0 Å². The third-order valence-electron chi connectivity index (χ3n) is 2.80. The van der Waals surface area contributed by atoms with E-state index >= 15 is 0 Å². The fourth-order valence-corrected chi connectivity index (χ4v) is 3.28. The molecule has 0 aliphatic heterocycles. The standard InChI is InChI=1S/C12H19N5O2S2/c1-3-13-4-5-17-8-12(7-14-17)21(18,19)15-6-11-9-20-10(2)16-11/h7-9,13,15H,3-6H2,1-2H3. The molecule has 7 nitrogen and oxygen atoms in total. The van der Waals surface area contributed by atoms with E-state index in [2.05, 4.69) is 20.1 Å². The van der Waals surface area contributed by atoms with E-state index in [1.54, 1.807) is 4.68 Å². The van der Waals surface area contributed by atoms with E-state index in [0.29, 0.717) is 6.54 Å². The molecule has 0 radical (unpaired) electrons. The van der Waals surface area contributed by atoms with Gasteiger partial charge in [-0.05, 0) is 13.5 Å². The second-order valence-electron chi connectivity index (χ2n) is 4.48. The molecule has 9 heteroatoms. The fourth-order valence-electron chi connectivity index (χ4n) is 1.72. The SMILES string of the molecule is CCNCCn1cc(S(=O)(=O)NCc2csc(C)n2)cn1. The number of nitrogens with one attached hydrogen (secondary N) is 2. The van der Waals surface area contributed by atoms with Crippen LogP contribution in [0.1, 0.15) is 17.6 Å². The lowest BCUT2D eigenvalue weighted by atomic mass is 10.5. The summed E-state index contributed by atoms with van der Waals surface area (Å²) in [4.78, 5) is 4.40. The Kier molecular flexibility index (Phi) is 5.45. The van der Waals surface area contributed by atoms with Crippen LogP contribution in [0.15, 0.2) is 22.7 Å². The van der Waals surface area contributed by atoms with E-state index in [0.717, 1.165) is 23.8 Å². The van der Waals surface area contributed by atoms with Gasteiger partial charge in [0.15, 0.2) is 0 Å². The van der Waals surface area contributed by atoms with Crippen molar-refractivity contribution in [2.45, 2.75) is 31.8 Å². The molecule has 0 atom stereocenters. The molecule has 0 saturated carbocycles. The Balaban J connectivity index is 1.95. The second-order valence-corrected chi connectivity index (χ2v) is 7.30. The third kappa shape index (κ3) is 4.60. The van der Waals surface area contributed by atoms with Crippen molar-refractivity contribution in [3.8, 4) is 0 Å². The van der Waals surface area contributed by atoms with Gasteiger partial charge in [0.25, 0.3) is 0 Å². The Morgan fingerprint density at radius 1 is 1.43 bits per heavy atom. The molecule has 0 fully saturated rings. The van der Waals surface area contributed by atoms with Gasteiger partial charge in [-0.2, -0.15) is 5.10 Å². The molecule has 0 spiro atoms. The van der Waals surface area contributed by atoms with Gasteiger partial charge in [0.1, 0.15) is 4.90 Å². The number of sulfonamides is 1. The van der Waals surface area contributed by atoms with Gasteiger partial charge in [0.2, 0.25) is 10.0 Å². The van der Waals surface area contributed by atoms with Crippen molar-refractivity contribution in [3.63, 3.8) is 0 Å². The number of rotatable bonds is 8. The summed E-state index contributed by atoms with van der Waals surface area (Å²) in [6.45, 7) is 6.36. The first-order valence-electron chi connectivity index (χ1n) is 6.65. The van der Waals surface area contributed by atoms with Crippen molar-refractivity contribution >= 4 is 21.4 Å². The molecule has 0 amide bonds. The molecular weight excluding hydrogens is 310 g/mol.